The number of nitrogens with one attached hydrogen (secondary N) is 1. The molecule has 0 fully saturated rings. The number of hydrogen-bond acceptors (Lipinski definition) is 3. The molecule has 0 atom stereocenters. The topological polar surface area (TPSA) is 46.9 Å². The van der Waals surface area contributed by atoms with Crippen LogP contribution in [0, 0.1) is 13.8 Å². The monoisotopic (exact) mass is 309 g/mol. The van der Waals surface area contributed by atoms with E-state index in [-0.39, 0.29) is 5.91 Å². The normalized spacial score (nSPS) is 10.6. The number of aryl methyl sites for hydroxylation is 2. The van der Waals surface area contributed by atoms with Gasteiger partial charge in [-0.2, -0.15) is 17.7 Å². The lowest BCUT2D eigenvalue weighted by Crippen LogP contribution is -2.12. The number of nitrogens with zero attached hydrogens (tertiary/aromatic N) is 2. The van der Waals surface area contributed by atoms with Crippen LogP contribution in [-0.2, 0) is 4.79 Å². The van der Waals surface area contributed by atoms with Crippen LogP contribution in [0.2, 0.25) is 5.02 Å². The summed E-state index contributed by atoms with van der Waals surface area (Å²) in [6.45, 7) is 3.90. The van der Waals surface area contributed by atoms with Crippen LogP contribution < -0.4 is 5.32 Å². The van der Waals surface area contributed by atoms with E-state index < -0.39 is 0 Å². The van der Waals surface area contributed by atoms with E-state index in [9.17, 15) is 4.79 Å². The van der Waals surface area contributed by atoms with Crippen molar-refractivity contribution in [2.24, 2.45) is 0 Å². The molecule has 1 amide bonds. The number of thiol groups is 1. The van der Waals surface area contributed by atoms with Gasteiger partial charge in [-0.25, -0.2) is 4.68 Å². The molecule has 0 aliphatic rings. The standard InChI is InChI=1S/C14H16ClN3OS/c1-9-7-10(2)18(17-9)13-4-3-11(8-12(13)15)16-14(19)5-6-20/h3-4,7-8,20H,5-6H2,1-2H3,(H,16,19). The maximum absolute atomic E-state index is 11.5. The lowest BCUT2D eigenvalue weighted by molar-refractivity contribution is -0.115. The van der Waals surface area contributed by atoms with Crippen molar-refractivity contribution in [1.82, 2.24) is 9.78 Å². The number of amides is 1. The highest BCUT2D eigenvalue weighted by Gasteiger charge is 2.09. The molecule has 2 rings (SSSR count). The molecule has 0 saturated heterocycles. The summed E-state index contributed by atoms with van der Waals surface area (Å²) < 4.78 is 1.79. The van der Waals surface area contributed by atoms with Gasteiger partial charge in [0.2, 0.25) is 5.91 Å². The highest BCUT2D eigenvalue weighted by molar-refractivity contribution is 7.80. The molecule has 1 heterocycles. The maximum atomic E-state index is 11.5. The fourth-order valence-electron chi connectivity index (χ4n) is 1.95. The predicted molar refractivity (Wildman–Crippen MR) is 85.1 cm³/mol. The van der Waals surface area contributed by atoms with Crippen molar-refractivity contribution in [3.8, 4) is 5.69 Å². The second kappa shape index (κ2) is 6.33. The highest BCUT2D eigenvalue weighted by atomic mass is 35.5. The van der Waals surface area contributed by atoms with Crippen LogP contribution in [0.1, 0.15) is 17.8 Å². The maximum Gasteiger partial charge on any atom is 0.225 e. The zero-order valence-corrected chi connectivity index (χ0v) is 13.0. The Bertz CT molecular complexity index is 639. The van der Waals surface area contributed by atoms with Crippen LogP contribution in [0.25, 0.3) is 5.69 Å². The summed E-state index contributed by atoms with van der Waals surface area (Å²) in [7, 11) is 0. The summed E-state index contributed by atoms with van der Waals surface area (Å²) in [5.41, 5.74) is 3.41. The van der Waals surface area contributed by atoms with Gasteiger partial charge in [0.25, 0.3) is 0 Å². The van der Waals surface area contributed by atoms with Crippen molar-refractivity contribution < 1.29 is 4.79 Å². The Morgan fingerprint density at radius 3 is 2.70 bits per heavy atom. The molecule has 0 saturated carbocycles. The van der Waals surface area contributed by atoms with Crippen LogP contribution in [0.4, 0.5) is 5.69 Å². The van der Waals surface area contributed by atoms with Crippen LogP contribution in [0.15, 0.2) is 24.3 Å². The Morgan fingerprint density at radius 2 is 2.15 bits per heavy atom. The Labute approximate surface area is 128 Å². The van der Waals surface area contributed by atoms with Crippen molar-refractivity contribution in [2.45, 2.75) is 20.3 Å². The van der Waals surface area contributed by atoms with Crippen LogP contribution in [0.5, 0.6) is 0 Å². The van der Waals surface area contributed by atoms with Gasteiger partial charge in [-0.05, 0) is 43.9 Å². The molecular formula is C14H16ClN3OS. The summed E-state index contributed by atoms with van der Waals surface area (Å²) in [4.78, 5) is 11.5. The predicted octanol–water partition coefficient (Wildman–Crippen LogP) is 3.40. The summed E-state index contributed by atoms with van der Waals surface area (Å²) in [6.07, 6.45) is 0.375. The molecule has 0 spiro atoms. The van der Waals surface area contributed by atoms with E-state index in [0.29, 0.717) is 22.9 Å². The first-order valence-corrected chi connectivity index (χ1v) is 7.26. The Hall–Kier alpha value is -1.46. The number of anilines is 1. The molecule has 6 heteroatoms. The zero-order valence-electron chi connectivity index (χ0n) is 11.4. The molecule has 0 aliphatic heterocycles. The van der Waals surface area contributed by atoms with Crippen LogP contribution in [-0.4, -0.2) is 21.4 Å². The van der Waals surface area contributed by atoms with Crippen molar-refractivity contribution in [2.75, 3.05) is 11.1 Å². The van der Waals surface area contributed by atoms with E-state index in [2.05, 4.69) is 23.0 Å². The zero-order chi connectivity index (χ0) is 14.7. The summed E-state index contributed by atoms with van der Waals surface area (Å²) in [6, 6.07) is 7.37. The second-order valence-electron chi connectivity index (χ2n) is 4.53. The largest absolute Gasteiger partial charge is 0.326 e. The quantitative estimate of drug-likeness (QED) is 0.850. The van der Waals surface area contributed by atoms with E-state index in [4.69, 9.17) is 11.6 Å². The fourth-order valence-corrected chi connectivity index (χ4v) is 2.42. The van der Waals surface area contributed by atoms with Crippen molar-refractivity contribution in [1.29, 1.82) is 0 Å². The van der Waals surface area contributed by atoms with Gasteiger partial charge < -0.3 is 5.32 Å². The van der Waals surface area contributed by atoms with E-state index in [0.717, 1.165) is 17.1 Å². The lowest BCUT2D eigenvalue weighted by Gasteiger charge is -2.10. The number of rotatable bonds is 4. The molecule has 1 N–H and O–H groups in total. The van der Waals surface area contributed by atoms with Gasteiger partial charge in [0.1, 0.15) is 0 Å². The van der Waals surface area contributed by atoms with Gasteiger partial charge in [-0.3, -0.25) is 4.79 Å². The average molecular weight is 310 g/mol. The molecule has 1 aromatic heterocycles. The molecule has 1 aromatic carbocycles. The number of carbonyl (C=O) groups excluding carboxylic acids is 1. The van der Waals surface area contributed by atoms with E-state index in [1.165, 1.54) is 0 Å². The third kappa shape index (κ3) is 3.35. The molecule has 0 bridgehead atoms. The SMILES string of the molecule is Cc1cc(C)n(-c2ccc(NC(=O)CCS)cc2Cl)n1. The average Bonchev–Trinajstić information content (AvgIpc) is 2.69. The molecule has 2 aromatic rings. The van der Waals surface area contributed by atoms with Gasteiger partial charge in [-0.1, -0.05) is 11.6 Å². The highest BCUT2D eigenvalue weighted by Crippen LogP contribution is 2.25. The van der Waals surface area contributed by atoms with E-state index >= 15 is 0 Å². The lowest BCUT2D eigenvalue weighted by atomic mass is 10.2. The van der Waals surface area contributed by atoms with Gasteiger partial charge in [0, 0.05) is 17.8 Å². The van der Waals surface area contributed by atoms with Crippen LogP contribution >= 0.6 is 24.2 Å². The molecule has 4 nitrogen and oxygen atoms in total. The second-order valence-corrected chi connectivity index (χ2v) is 5.38. The molecule has 20 heavy (non-hydrogen) atoms. The minimum absolute atomic E-state index is 0.0741. The van der Waals surface area contributed by atoms with Gasteiger partial charge in [-0.15, -0.1) is 0 Å². The minimum atomic E-state index is -0.0741. The van der Waals surface area contributed by atoms with Gasteiger partial charge in [0.05, 0.1) is 16.4 Å². The fraction of sp³-hybridized carbons (Fsp3) is 0.286. The van der Waals surface area contributed by atoms with E-state index in [1.54, 1.807) is 10.7 Å². The number of benzene rings is 1. The molecule has 106 valence electrons. The number of halogens is 1. The smallest absolute Gasteiger partial charge is 0.225 e. The van der Waals surface area contributed by atoms with Crippen LogP contribution in [0.3, 0.4) is 0 Å². The first-order chi connectivity index (χ1) is 9.51. The van der Waals surface area contributed by atoms with Gasteiger partial charge in [0.15, 0.2) is 0 Å². The Kier molecular flexibility index (Phi) is 4.73. The third-order valence-electron chi connectivity index (χ3n) is 2.81. The number of hydrogen-bond donors (Lipinski definition) is 2. The third-order valence-corrected chi connectivity index (χ3v) is 3.33. The van der Waals surface area contributed by atoms with Crippen molar-refractivity contribution in [3.05, 3.63) is 40.7 Å². The molecule has 0 radical (unpaired) electrons. The summed E-state index contributed by atoms with van der Waals surface area (Å²) >= 11 is 10.3. The Balaban J connectivity index is 2.26. The summed E-state index contributed by atoms with van der Waals surface area (Å²) in [5.74, 6) is 0.443. The first-order valence-electron chi connectivity index (χ1n) is 6.25. The summed E-state index contributed by atoms with van der Waals surface area (Å²) in [5, 5.41) is 7.72. The Morgan fingerprint density at radius 1 is 1.40 bits per heavy atom. The number of carbonyl (C=O) groups is 1. The first kappa shape index (κ1) is 14.9. The van der Waals surface area contributed by atoms with Crippen molar-refractivity contribution in [3.63, 3.8) is 0 Å². The minimum Gasteiger partial charge on any atom is -0.326 e. The van der Waals surface area contributed by atoms with Crippen molar-refractivity contribution >= 4 is 35.8 Å². The van der Waals surface area contributed by atoms with E-state index in [1.807, 2.05) is 32.0 Å². The number of aromatic nitrogens is 2. The molecular weight excluding hydrogens is 294 g/mol. The van der Waals surface area contributed by atoms with Gasteiger partial charge >= 0.3 is 0 Å². The molecule has 0 aliphatic carbocycles. The molecule has 0 unspecified atom stereocenters.